The van der Waals surface area contributed by atoms with E-state index >= 15 is 0 Å². The van der Waals surface area contributed by atoms with Crippen molar-refractivity contribution < 1.29 is 32.5 Å². The third-order valence-corrected chi connectivity index (χ3v) is 44.7. The Morgan fingerprint density at radius 3 is 0.464 bits per heavy atom. The zero-order chi connectivity index (χ0) is 68.3. The van der Waals surface area contributed by atoms with Crippen LogP contribution >= 0.6 is 60.7 Å². The van der Waals surface area contributed by atoms with E-state index in [0.717, 1.165) is 94.4 Å². The molecular weight excluding hydrogens is 1660 g/mol. The molecule has 0 atom stereocenters. The normalized spacial score (nSPS) is 11.8. The SMILES string of the molecule is CCCCCCCCOc1ccc(I([O][Sb]([O]I(c2ccc(OCCCCCCCC)cc2)c2ccc(OCCCCCCCC)cc2)[O]I(c2ccc(OCCCCCCCC)cc2)c2ccc(OCCCCCCCC)cc2)c2ccc(OCCCCCCCC)cc2)cc1. The third kappa shape index (κ3) is 35.6. The monoisotopic (exact) mass is 1780 g/mol. The summed E-state index contributed by atoms with van der Waals surface area (Å²) in [6.45, 7) is 17.9. The van der Waals surface area contributed by atoms with Crippen molar-refractivity contribution >= 4 is 82.2 Å². The quantitative estimate of drug-likeness (QED) is 0.0211. The predicted molar refractivity (Wildman–Crippen MR) is 435 cm³/mol. The van der Waals surface area contributed by atoms with Crippen LogP contribution in [-0.2, 0) is 4.03 Å². The van der Waals surface area contributed by atoms with Crippen LogP contribution in [0.25, 0.3) is 0 Å². The number of hydrogen-bond donors (Lipinski definition) is 0. The Hall–Kier alpha value is -2.99. The fourth-order valence-corrected chi connectivity index (χ4v) is 46.9. The summed E-state index contributed by atoms with van der Waals surface area (Å²) in [7, 11) is 0. The molecule has 542 valence electrons. The van der Waals surface area contributed by atoms with Crippen LogP contribution in [-0.4, -0.2) is 61.1 Å². The molecule has 0 spiro atoms. The summed E-state index contributed by atoms with van der Waals surface area (Å²) in [5.74, 6) is 5.31. The van der Waals surface area contributed by atoms with Gasteiger partial charge in [-0.3, -0.25) is 0 Å². The third-order valence-electron chi connectivity index (χ3n) is 17.0. The van der Waals surface area contributed by atoms with Crippen LogP contribution in [0.3, 0.4) is 0 Å². The molecule has 0 bridgehead atoms. The molecule has 0 unspecified atom stereocenters. The molecule has 0 radical (unpaired) electrons. The summed E-state index contributed by atoms with van der Waals surface area (Å²) < 4.78 is 69.7. The van der Waals surface area contributed by atoms with Gasteiger partial charge >= 0.3 is 587 Å². The molecule has 0 aliphatic heterocycles. The van der Waals surface area contributed by atoms with Gasteiger partial charge in [0.1, 0.15) is 0 Å². The Kier molecular flexibility index (Phi) is 46.8. The van der Waals surface area contributed by atoms with Crippen LogP contribution < -0.4 is 28.4 Å². The predicted octanol–water partition coefficient (Wildman–Crippen LogP) is 26.9. The van der Waals surface area contributed by atoms with Gasteiger partial charge in [-0.2, -0.15) is 0 Å². The van der Waals surface area contributed by atoms with E-state index in [-0.39, 0.29) is 0 Å². The molecule has 0 fully saturated rings. The zero-order valence-corrected chi connectivity index (χ0v) is 69.8. The molecule has 0 saturated heterocycles. The van der Waals surface area contributed by atoms with Crippen molar-refractivity contribution in [2.75, 3.05) is 39.6 Å². The van der Waals surface area contributed by atoms with E-state index in [0.29, 0.717) is 39.6 Å². The molecular formula is C84H126I3O9Sb. The topological polar surface area (TPSA) is 83.1 Å². The average molecular weight is 1780 g/mol. The van der Waals surface area contributed by atoms with Gasteiger partial charge in [0.05, 0.1) is 0 Å². The van der Waals surface area contributed by atoms with Crippen LogP contribution in [0, 0.1) is 21.4 Å². The van der Waals surface area contributed by atoms with Crippen molar-refractivity contribution in [1.82, 2.24) is 0 Å². The van der Waals surface area contributed by atoms with E-state index in [4.69, 9.17) is 32.5 Å². The Balaban J connectivity index is 1.41. The number of rotatable bonds is 60. The first-order valence-electron chi connectivity index (χ1n) is 38.3. The first-order valence-corrected chi connectivity index (χ1v) is 50.5. The van der Waals surface area contributed by atoms with Crippen molar-refractivity contribution in [2.45, 2.75) is 273 Å². The summed E-state index contributed by atoms with van der Waals surface area (Å²) in [5.41, 5.74) is 0. The molecule has 0 saturated carbocycles. The number of hydrogen-bond acceptors (Lipinski definition) is 9. The average Bonchev–Trinajstić information content (AvgIpc) is 0.846. The molecule has 6 aromatic carbocycles. The maximum atomic E-state index is 8.03. The molecule has 97 heavy (non-hydrogen) atoms. The van der Waals surface area contributed by atoms with Crippen LogP contribution in [0.2, 0.25) is 0 Å². The Morgan fingerprint density at radius 1 is 0.186 bits per heavy atom. The molecule has 0 aliphatic carbocycles. The molecule has 9 nitrogen and oxygen atoms in total. The number of unbranched alkanes of at least 4 members (excludes halogenated alkanes) is 30. The molecule has 0 amide bonds. The minimum atomic E-state index is -3.87. The second-order valence-electron chi connectivity index (χ2n) is 25.6. The van der Waals surface area contributed by atoms with Gasteiger partial charge < -0.3 is 0 Å². The van der Waals surface area contributed by atoms with Gasteiger partial charge in [-0.1, -0.05) is 41.5 Å². The molecule has 0 heterocycles. The Morgan fingerprint density at radius 2 is 0.320 bits per heavy atom. The maximum absolute atomic E-state index is 8.03. The van der Waals surface area contributed by atoms with Crippen LogP contribution in [0.1, 0.15) is 273 Å². The van der Waals surface area contributed by atoms with Crippen molar-refractivity contribution in [3.63, 3.8) is 0 Å². The Labute approximate surface area is 622 Å². The van der Waals surface area contributed by atoms with Crippen molar-refractivity contribution in [3.8, 4) is 34.5 Å². The van der Waals surface area contributed by atoms with E-state index in [2.05, 4.69) is 187 Å². The number of halogens is 3. The van der Waals surface area contributed by atoms with Crippen LogP contribution in [0.15, 0.2) is 146 Å². The Bertz CT molecular complexity index is 2320. The van der Waals surface area contributed by atoms with Crippen LogP contribution in [0.4, 0.5) is 0 Å². The molecule has 0 aliphatic rings. The summed E-state index contributed by atoms with van der Waals surface area (Å²) in [6, 6.07) is 52.8. The summed E-state index contributed by atoms with van der Waals surface area (Å²) in [4.78, 5) is 0. The summed E-state index contributed by atoms with van der Waals surface area (Å²) >= 11 is -12.4. The molecule has 0 N–H and O–H groups in total. The number of ether oxygens (including phenoxy) is 6. The van der Waals surface area contributed by atoms with Gasteiger partial charge in [0, 0.05) is 0 Å². The van der Waals surface area contributed by atoms with E-state index in [1.807, 2.05) is 0 Å². The van der Waals surface area contributed by atoms with E-state index < -0.39 is 82.2 Å². The van der Waals surface area contributed by atoms with E-state index in [1.54, 1.807) is 0 Å². The van der Waals surface area contributed by atoms with E-state index in [9.17, 15) is 0 Å². The van der Waals surface area contributed by atoms with Gasteiger partial charge in [0.25, 0.3) is 0 Å². The second-order valence-corrected chi connectivity index (χ2v) is 47.7. The fourth-order valence-electron chi connectivity index (χ4n) is 11.1. The van der Waals surface area contributed by atoms with Gasteiger partial charge in [0.2, 0.25) is 0 Å². The molecule has 13 heteroatoms. The fraction of sp³-hybridized carbons (Fsp3) is 0.571. The van der Waals surface area contributed by atoms with Gasteiger partial charge in [-0.05, 0) is 0 Å². The van der Waals surface area contributed by atoms with Crippen molar-refractivity contribution in [1.29, 1.82) is 0 Å². The van der Waals surface area contributed by atoms with Crippen molar-refractivity contribution in [3.05, 3.63) is 167 Å². The van der Waals surface area contributed by atoms with Gasteiger partial charge in [-0.25, -0.2) is 0 Å². The first-order chi connectivity index (χ1) is 47.9. The van der Waals surface area contributed by atoms with Crippen molar-refractivity contribution in [2.24, 2.45) is 0 Å². The molecule has 6 aromatic rings. The first kappa shape index (κ1) is 83.0. The molecule has 6 rings (SSSR count). The standard InChI is InChI=1S/3C28H42IO3.Sb/c3*1-3-5-7-9-11-13-23-31-27-19-15-25(16-20-27)29(30)26-17-21-28(22-18-26)32-24-14-12-10-8-6-4-2;/h3*15-22H,3-14,23-24H2,1-2H3;/q3*-1;+3. The molecule has 0 aromatic heterocycles. The second kappa shape index (κ2) is 54.7. The number of benzene rings is 6. The van der Waals surface area contributed by atoms with Crippen LogP contribution in [0.5, 0.6) is 34.5 Å². The van der Waals surface area contributed by atoms with E-state index in [1.165, 1.54) is 193 Å². The summed E-state index contributed by atoms with van der Waals surface area (Å²) in [6.07, 6.45) is 44.0. The van der Waals surface area contributed by atoms with Gasteiger partial charge in [0.15, 0.2) is 0 Å². The van der Waals surface area contributed by atoms with Gasteiger partial charge in [-0.15, -0.1) is 0 Å². The zero-order valence-electron chi connectivity index (χ0n) is 60.8. The minimum absolute atomic E-state index is 0.708. The summed E-state index contributed by atoms with van der Waals surface area (Å²) in [5, 5.41) is 0.